The van der Waals surface area contributed by atoms with Crippen LogP contribution in [0.1, 0.15) is 24.0 Å². The molecule has 0 bridgehead atoms. The van der Waals surface area contributed by atoms with Crippen molar-refractivity contribution in [1.29, 1.82) is 0 Å². The molecule has 0 fully saturated rings. The van der Waals surface area contributed by atoms with Crippen LogP contribution in [0.25, 0.3) is 0 Å². The smallest absolute Gasteiger partial charge is 0.325 e. The number of alkyl halides is 3. The van der Waals surface area contributed by atoms with Gasteiger partial charge in [0.15, 0.2) is 0 Å². The Kier molecular flexibility index (Phi) is 1.99. The summed E-state index contributed by atoms with van der Waals surface area (Å²) in [5.74, 6) is -0.633. The maximum absolute atomic E-state index is 12.3. The molecule has 5 heteroatoms. The van der Waals surface area contributed by atoms with Gasteiger partial charge in [0.05, 0.1) is 11.5 Å². The molecule has 1 heterocycles. The number of anilines is 1. The van der Waals surface area contributed by atoms with E-state index in [4.69, 9.17) is 0 Å². The van der Waals surface area contributed by atoms with Crippen molar-refractivity contribution in [1.82, 2.24) is 0 Å². The van der Waals surface area contributed by atoms with Crippen molar-refractivity contribution in [2.24, 2.45) is 0 Å². The molecule has 0 spiro atoms. The first-order valence-corrected chi connectivity index (χ1v) is 4.41. The normalized spacial score (nSPS) is 20.0. The van der Waals surface area contributed by atoms with Crippen LogP contribution in [-0.4, -0.2) is 5.91 Å². The van der Waals surface area contributed by atoms with Crippen LogP contribution in [-0.2, 0) is 11.0 Å². The predicted molar refractivity (Wildman–Crippen MR) is 48.5 cm³/mol. The van der Waals surface area contributed by atoms with Gasteiger partial charge in [-0.25, -0.2) is 0 Å². The van der Waals surface area contributed by atoms with Crippen molar-refractivity contribution in [3.8, 4) is 0 Å². The minimum atomic E-state index is -4.37. The molecular formula is C10H8F3NO. The number of nitrogens with one attached hydrogen (secondary N) is 1. The third kappa shape index (κ3) is 1.58. The Morgan fingerprint density at radius 3 is 2.60 bits per heavy atom. The number of benzene rings is 1. The van der Waals surface area contributed by atoms with Crippen LogP contribution in [0.15, 0.2) is 18.2 Å². The Morgan fingerprint density at radius 1 is 1.33 bits per heavy atom. The van der Waals surface area contributed by atoms with Gasteiger partial charge in [0.25, 0.3) is 0 Å². The maximum atomic E-state index is 12.3. The molecule has 1 aliphatic rings. The third-order valence-corrected chi connectivity index (χ3v) is 2.50. The number of halogens is 3. The molecule has 0 saturated carbocycles. The van der Waals surface area contributed by atoms with Gasteiger partial charge in [-0.1, -0.05) is 6.07 Å². The molecule has 1 aromatic rings. The van der Waals surface area contributed by atoms with E-state index < -0.39 is 11.7 Å². The lowest BCUT2D eigenvalue weighted by Crippen LogP contribution is -2.08. The van der Waals surface area contributed by atoms with Gasteiger partial charge in [0.2, 0.25) is 5.91 Å². The van der Waals surface area contributed by atoms with Gasteiger partial charge in [-0.15, -0.1) is 0 Å². The molecule has 0 saturated heterocycles. The van der Waals surface area contributed by atoms with Crippen molar-refractivity contribution in [2.75, 3.05) is 5.32 Å². The Labute approximate surface area is 84.1 Å². The van der Waals surface area contributed by atoms with Gasteiger partial charge in [-0.05, 0) is 24.6 Å². The maximum Gasteiger partial charge on any atom is 0.416 e. The molecule has 1 atom stereocenters. The number of carbonyl (C=O) groups excluding carboxylic acids is 1. The second kappa shape index (κ2) is 2.98. The molecule has 2 nitrogen and oxygen atoms in total. The van der Waals surface area contributed by atoms with E-state index in [1.807, 2.05) is 0 Å². The van der Waals surface area contributed by atoms with Gasteiger partial charge in [0, 0.05) is 5.69 Å². The van der Waals surface area contributed by atoms with Crippen LogP contribution in [0.3, 0.4) is 0 Å². The summed E-state index contributed by atoms with van der Waals surface area (Å²) in [5.41, 5.74) is 0.144. The average Bonchev–Trinajstić information content (AvgIpc) is 2.41. The Bertz CT molecular complexity index is 425. The number of amides is 1. The molecule has 0 aliphatic carbocycles. The van der Waals surface area contributed by atoms with Crippen molar-refractivity contribution in [3.63, 3.8) is 0 Å². The Morgan fingerprint density at radius 2 is 2.00 bits per heavy atom. The first-order valence-electron chi connectivity index (χ1n) is 4.41. The van der Waals surface area contributed by atoms with Crippen LogP contribution >= 0.6 is 0 Å². The summed E-state index contributed by atoms with van der Waals surface area (Å²) in [6.07, 6.45) is -4.37. The second-order valence-electron chi connectivity index (χ2n) is 3.51. The van der Waals surface area contributed by atoms with E-state index in [1.54, 1.807) is 6.92 Å². The van der Waals surface area contributed by atoms with Crippen molar-refractivity contribution < 1.29 is 18.0 Å². The van der Waals surface area contributed by atoms with E-state index in [0.29, 0.717) is 5.56 Å². The summed E-state index contributed by atoms with van der Waals surface area (Å²) in [7, 11) is 0. The topological polar surface area (TPSA) is 29.1 Å². The van der Waals surface area contributed by atoms with Crippen LogP contribution in [0.2, 0.25) is 0 Å². The molecule has 80 valence electrons. The Hall–Kier alpha value is -1.52. The number of hydrogen-bond acceptors (Lipinski definition) is 1. The number of carbonyl (C=O) groups is 1. The van der Waals surface area contributed by atoms with Crippen molar-refractivity contribution in [2.45, 2.75) is 19.0 Å². The SMILES string of the molecule is C[C@@H]1C(=O)Nc2cc(C(F)(F)F)ccc21. The van der Waals surface area contributed by atoms with Crippen molar-refractivity contribution in [3.05, 3.63) is 29.3 Å². The molecule has 2 rings (SSSR count). The van der Waals surface area contributed by atoms with Crippen LogP contribution < -0.4 is 5.32 Å². The van der Waals surface area contributed by atoms with Gasteiger partial charge in [0.1, 0.15) is 0 Å². The standard InChI is InChI=1S/C10H8F3NO/c1-5-7-3-2-6(10(11,12)13)4-8(7)14-9(5)15/h2-5H,1H3,(H,14,15)/t5-/m0/s1. The highest BCUT2D eigenvalue weighted by Gasteiger charge is 2.34. The highest BCUT2D eigenvalue weighted by molar-refractivity contribution is 6.02. The third-order valence-electron chi connectivity index (χ3n) is 2.50. The minimum absolute atomic E-state index is 0.260. The monoisotopic (exact) mass is 215 g/mol. The highest BCUT2D eigenvalue weighted by Crippen LogP contribution is 2.37. The van der Waals surface area contributed by atoms with E-state index in [2.05, 4.69) is 5.32 Å². The lowest BCUT2D eigenvalue weighted by molar-refractivity contribution is -0.137. The molecular weight excluding hydrogens is 207 g/mol. The molecule has 15 heavy (non-hydrogen) atoms. The zero-order valence-corrected chi connectivity index (χ0v) is 7.85. The van der Waals surface area contributed by atoms with E-state index in [-0.39, 0.29) is 17.5 Å². The summed E-state index contributed by atoms with van der Waals surface area (Å²) >= 11 is 0. The van der Waals surface area contributed by atoms with Gasteiger partial charge in [-0.2, -0.15) is 13.2 Å². The van der Waals surface area contributed by atoms with Gasteiger partial charge in [-0.3, -0.25) is 4.79 Å². The lowest BCUT2D eigenvalue weighted by Gasteiger charge is -2.08. The van der Waals surface area contributed by atoms with Crippen LogP contribution in [0.4, 0.5) is 18.9 Å². The fraction of sp³-hybridized carbons (Fsp3) is 0.300. The first kappa shape index (κ1) is 10.0. The molecule has 0 unspecified atom stereocenters. The molecule has 0 radical (unpaired) electrons. The van der Waals surface area contributed by atoms with Crippen LogP contribution in [0, 0.1) is 0 Å². The van der Waals surface area contributed by atoms with Crippen LogP contribution in [0.5, 0.6) is 0 Å². The molecule has 1 aliphatic heterocycles. The number of hydrogen-bond donors (Lipinski definition) is 1. The number of fused-ring (bicyclic) bond motifs is 1. The van der Waals surface area contributed by atoms with Gasteiger partial charge < -0.3 is 5.32 Å². The molecule has 1 aromatic carbocycles. The zero-order valence-electron chi connectivity index (χ0n) is 7.85. The predicted octanol–water partition coefficient (Wildman–Crippen LogP) is 2.76. The summed E-state index contributed by atoms with van der Waals surface area (Å²) in [6, 6.07) is 3.31. The van der Waals surface area contributed by atoms with Gasteiger partial charge >= 0.3 is 6.18 Å². The van der Waals surface area contributed by atoms with E-state index in [1.165, 1.54) is 6.07 Å². The molecule has 1 amide bonds. The highest BCUT2D eigenvalue weighted by atomic mass is 19.4. The largest absolute Gasteiger partial charge is 0.416 e. The fourth-order valence-corrected chi connectivity index (χ4v) is 1.60. The second-order valence-corrected chi connectivity index (χ2v) is 3.51. The minimum Gasteiger partial charge on any atom is -0.325 e. The first-order chi connectivity index (χ1) is 6.89. The van der Waals surface area contributed by atoms with E-state index >= 15 is 0 Å². The fourth-order valence-electron chi connectivity index (χ4n) is 1.60. The van der Waals surface area contributed by atoms with E-state index in [9.17, 15) is 18.0 Å². The summed E-state index contributed by atoms with van der Waals surface area (Å²) < 4.78 is 37.0. The summed E-state index contributed by atoms with van der Waals surface area (Å²) in [6.45, 7) is 1.66. The quantitative estimate of drug-likeness (QED) is 0.708. The zero-order chi connectivity index (χ0) is 11.2. The average molecular weight is 215 g/mol. The van der Waals surface area contributed by atoms with E-state index in [0.717, 1.165) is 12.1 Å². The Balaban J connectivity index is 2.47. The summed E-state index contributed by atoms with van der Waals surface area (Å²) in [4.78, 5) is 11.2. The lowest BCUT2D eigenvalue weighted by atomic mass is 10.0. The molecule has 1 N–H and O–H groups in total. The van der Waals surface area contributed by atoms with Crippen molar-refractivity contribution >= 4 is 11.6 Å². The number of rotatable bonds is 0. The molecule has 0 aromatic heterocycles. The summed E-state index contributed by atoms with van der Waals surface area (Å²) in [5, 5.41) is 2.42.